The molecule has 0 nitrogen and oxygen atoms in total. The van der Waals surface area contributed by atoms with Crippen LogP contribution in [-0.4, -0.2) is 0 Å². The van der Waals surface area contributed by atoms with Crippen LogP contribution in [-0.2, 0) is 0 Å². The van der Waals surface area contributed by atoms with Crippen molar-refractivity contribution in [3.8, 4) is 0 Å². The van der Waals surface area contributed by atoms with Crippen molar-refractivity contribution >= 4 is 0 Å². The van der Waals surface area contributed by atoms with Gasteiger partial charge in [0.15, 0.2) is 0 Å². The van der Waals surface area contributed by atoms with Gasteiger partial charge in [0.2, 0.25) is 0 Å². The summed E-state index contributed by atoms with van der Waals surface area (Å²) in [5.41, 5.74) is 0. The van der Waals surface area contributed by atoms with Gasteiger partial charge >= 0.3 is 0 Å². The van der Waals surface area contributed by atoms with E-state index in [1.165, 1.54) is 96.3 Å². The molecule has 3 fully saturated rings. The van der Waals surface area contributed by atoms with E-state index in [1.54, 1.807) is 12.8 Å². The van der Waals surface area contributed by atoms with E-state index in [4.69, 9.17) is 0 Å². The van der Waals surface area contributed by atoms with E-state index < -0.39 is 0 Å². The summed E-state index contributed by atoms with van der Waals surface area (Å²) >= 11 is 0. The van der Waals surface area contributed by atoms with Crippen LogP contribution in [0.5, 0.6) is 0 Å². The van der Waals surface area contributed by atoms with E-state index in [0.717, 1.165) is 35.5 Å². The maximum absolute atomic E-state index is 2.66. The Labute approximate surface area is 171 Å². The third-order valence-electron chi connectivity index (χ3n) is 8.71. The van der Waals surface area contributed by atoms with Gasteiger partial charge in [-0.2, -0.15) is 0 Å². The van der Waals surface area contributed by atoms with Gasteiger partial charge in [0.1, 0.15) is 0 Å². The Morgan fingerprint density at radius 3 is 1.56 bits per heavy atom. The van der Waals surface area contributed by atoms with Gasteiger partial charge in [-0.25, -0.2) is 0 Å². The summed E-state index contributed by atoms with van der Waals surface area (Å²) in [6.45, 7) is 4.72. The lowest BCUT2D eigenvalue weighted by Crippen LogP contribution is -2.25. The molecule has 0 aromatic rings. The number of hydrogen-bond donors (Lipinski definition) is 0. The number of allylic oxidation sites excluding steroid dienone is 2. The van der Waals surface area contributed by atoms with Gasteiger partial charge in [-0.3, -0.25) is 0 Å². The van der Waals surface area contributed by atoms with Crippen molar-refractivity contribution in [3.05, 3.63) is 12.2 Å². The zero-order valence-electron chi connectivity index (χ0n) is 18.6. The molecule has 3 saturated carbocycles. The standard InChI is InChI=1S/C27H48/c1-3-5-6-7-23-8-10-24(11-9-23)12-13-25-16-20-27(21-17-25)26-18-14-22(4-2)15-19-26/h12-13,22-27H,3-11,14-21H2,1-2H3/b13-12+. The van der Waals surface area contributed by atoms with Crippen LogP contribution >= 0.6 is 0 Å². The second kappa shape index (κ2) is 11.7. The van der Waals surface area contributed by atoms with Crippen LogP contribution in [0, 0.1) is 35.5 Å². The van der Waals surface area contributed by atoms with Crippen molar-refractivity contribution in [2.75, 3.05) is 0 Å². The van der Waals surface area contributed by atoms with E-state index in [1.807, 2.05) is 0 Å². The monoisotopic (exact) mass is 372 g/mol. The molecule has 0 N–H and O–H groups in total. The molecule has 0 heteroatoms. The van der Waals surface area contributed by atoms with Gasteiger partial charge < -0.3 is 0 Å². The Kier molecular flexibility index (Phi) is 9.27. The molecule has 0 heterocycles. The normalized spacial score (nSPS) is 38.3. The van der Waals surface area contributed by atoms with Gasteiger partial charge in [0.05, 0.1) is 0 Å². The van der Waals surface area contributed by atoms with Crippen LogP contribution in [0.25, 0.3) is 0 Å². The van der Waals surface area contributed by atoms with Crippen molar-refractivity contribution in [2.45, 2.75) is 123 Å². The van der Waals surface area contributed by atoms with E-state index in [0.29, 0.717) is 0 Å². The van der Waals surface area contributed by atoms with Gasteiger partial charge in [0.25, 0.3) is 0 Å². The highest BCUT2D eigenvalue weighted by Crippen LogP contribution is 2.42. The highest BCUT2D eigenvalue weighted by atomic mass is 14.4. The third kappa shape index (κ3) is 6.93. The maximum atomic E-state index is 2.66. The maximum Gasteiger partial charge on any atom is -0.0233 e. The Morgan fingerprint density at radius 2 is 1.04 bits per heavy atom. The first-order valence-corrected chi connectivity index (χ1v) is 13.0. The van der Waals surface area contributed by atoms with Crippen LogP contribution < -0.4 is 0 Å². The van der Waals surface area contributed by atoms with Crippen molar-refractivity contribution in [3.63, 3.8) is 0 Å². The molecule has 0 aliphatic heterocycles. The van der Waals surface area contributed by atoms with E-state index in [2.05, 4.69) is 26.0 Å². The summed E-state index contributed by atoms with van der Waals surface area (Å²) in [6.07, 6.45) is 30.7. The lowest BCUT2D eigenvalue weighted by molar-refractivity contribution is 0.154. The first kappa shape index (κ1) is 21.4. The van der Waals surface area contributed by atoms with Gasteiger partial charge in [-0.1, -0.05) is 70.9 Å². The van der Waals surface area contributed by atoms with Crippen molar-refractivity contribution in [1.29, 1.82) is 0 Å². The fourth-order valence-electron chi connectivity index (χ4n) is 6.54. The fraction of sp³-hybridized carbons (Fsp3) is 0.926. The minimum atomic E-state index is 0.912. The minimum absolute atomic E-state index is 0.912. The molecule has 3 aliphatic rings. The summed E-state index contributed by atoms with van der Waals surface area (Å²) in [6, 6.07) is 0. The highest BCUT2D eigenvalue weighted by molar-refractivity contribution is 4.97. The molecular formula is C27H48. The van der Waals surface area contributed by atoms with Gasteiger partial charge in [0, 0.05) is 0 Å². The second-order valence-electron chi connectivity index (χ2n) is 10.5. The predicted molar refractivity (Wildman–Crippen MR) is 120 cm³/mol. The van der Waals surface area contributed by atoms with Crippen LogP contribution in [0.3, 0.4) is 0 Å². The molecule has 3 aliphatic carbocycles. The molecule has 0 bridgehead atoms. The van der Waals surface area contributed by atoms with Gasteiger partial charge in [-0.15, -0.1) is 0 Å². The second-order valence-corrected chi connectivity index (χ2v) is 10.5. The topological polar surface area (TPSA) is 0 Å². The average Bonchev–Trinajstić information content (AvgIpc) is 2.74. The largest absolute Gasteiger partial charge is 0.0851 e. The van der Waals surface area contributed by atoms with Crippen LogP contribution in [0.1, 0.15) is 123 Å². The molecule has 0 radical (unpaired) electrons. The fourth-order valence-corrected chi connectivity index (χ4v) is 6.54. The molecule has 156 valence electrons. The Bertz CT molecular complexity index is 398. The number of hydrogen-bond acceptors (Lipinski definition) is 0. The quantitative estimate of drug-likeness (QED) is 0.294. The third-order valence-corrected chi connectivity index (χ3v) is 8.71. The van der Waals surface area contributed by atoms with E-state index in [9.17, 15) is 0 Å². The van der Waals surface area contributed by atoms with Gasteiger partial charge in [-0.05, 0) is 99.7 Å². The molecule has 0 aromatic heterocycles. The zero-order valence-corrected chi connectivity index (χ0v) is 18.6. The summed E-state index contributed by atoms with van der Waals surface area (Å²) in [5, 5.41) is 0. The van der Waals surface area contributed by atoms with Crippen LogP contribution in [0.15, 0.2) is 12.2 Å². The molecule has 0 saturated heterocycles. The SMILES string of the molecule is CCCCCC1CCC(/C=C/C2CCC(C3CCC(CC)CC3)CC2)CC1. The summed E-state index contributed by atoms with van der Waals surface area (Å²) in [5.74, 6) is 6.10. The molecule has 3 rings (SSSR count). The molecule has 0 aromatic carbocycles. The Balaban J connectivity index is 1.30. The summed E-state index contributed by atoms with van der Waals surface area (Å²) < 4.78 is 0. The number of rotatable bonds is 8. The van der Waals surface area contributed by atoms with E-state index >= 15 is 0 Å². The average molecular weight is 373 g/mol. The van der Waals surface area contributed by atoms with Crippen molar-refractivity contribution in [1.82, 2.24) is 0 Å². The van der Waals surface area contributed by atoms with Crippen molar-refractivity contribution < 1.29 is 0 Å². The molecule has 0 unspecified atom stereocenters. The van der Waals surface area contributed by atoms with E-state index in [-0.39, 0.29) is 0 Å². The molecular weight excluding hydrogens is 324 g/mol. The smallest absolute Gasteiger partial charge is 0.0233 e. The molecule has 27 heavy (non-hydrogen) atoms. The van der Waals surface area contributed by atoms with Crippen LogP contribution in [0.4, 0.5) is 0 Å². The summed E-state index contributed by atoms with van der Waals surface area (Å²) in [7, 11) is 0. The summed E-state index contributed by atoms with van der Waals surface area (Å²) in [4.78, 5) is 0. The molecule has 0 spiro atoms. The Morgan fingerprint density at radius 1 is 0.556 bits per heavy atom. The zero-order chi connectivity index (χ0) is 18.9. The lowest BCUT2D eigenvalue weighted by atomic mass is 9.69. The van der Waals surface area contributed by atoms with Crippen molar-refractivity contribution in [2.24, 2.45) is 35.5 Å². The first-order valence-electron chi connectivity index (χ1n) is 13.0. The lowest BCUT2D eigenvalue weighted by Gasteiger charge is -2.37. The number of unbranched alkanes of at least 4 members (excludes halogenated alkanes) is 2. The predicted octanol–water partition coefficient (Wildman–Crippen LogP) is 8.95. The molecule has 0 atom stereocenters. The first-order chi connectivity index (χ1) is 13.3. The minimum Gasteiger partial charge on any atom is -0.0851 e. The molecule has 0 amide bonds. The Hall–Kier alpha value is -0.260. The highest BCUT2D eigenvalue weighted by Gasteiger charge is 2.30. The van der Waals surface area contributed by atoms with Crippen LogP contribution in [0.2, 0.25) is 0 Å².